The predicted octanol–water partition coefficient (Wildman–Crippen LogP) is 5.08. The molecule has 1 aromatic carbocycles. The van der Waals surface area contributed by atoms with Crippen molar-refractivity contribution in [1.82, 2.24) is 0 Å². The molecule has 1 rings (SSSR count). The van der Waals surface area contributed by atoms with Crippen LogP contribution in [0.2, 0.25) is 0 Å². The molecule has 0 aromatic heterocycles. The molecule has 0 saturated heterocycles. The molecule has 0 radical (unpaired) electrons. The average Bonchev–Trinajstić information content (AvgIpc) is 2.30. The molecule has 0 unspecified atom stereocenters. The highest BCUT2D eigenvalue weighted by atomic mass is 79.9. The third-order valence-corrected chi connectivity index (χ3v) is 3.09. The van der Waals surface area contributed by atoms with Gasteiger partial charge in [0.2, 0.25) is 0 Å². The van der Waals surface area contributed by atoms with Crippen LogP contribution in [0.4, 0.5) is 8.78 Å². The summed E-state index contributed by atoms with van der Waals surface area (Å²) in [6.45, 7) is 2.58. The SMILES string of the molecule is CCCCCCCOc1cc(F)c(Br)cc1F. The molecule has 0 aliphatic carbocycles. The Bertz CT molecular complexity index is 356. The molecule has 4 heteroatoms. The summed E-state index contributed by atoms with van der Waals surface area (Å²) < 4.78 is 31.8. The first-order valence-corrected chi connectivity index (χ1v) is 6.71. The maximum Gasteiger partial charge on any atom is 0.166 e. The molecule has 0 aliphatic heterocycles. The summed E-state index contributed by atoms with van der Waals surface area (Å²) >= 11 is 2.92. The number of hydrogen-bond donors (Lipinski definition) is 0. The van der Waals surface area contributed by atoms with E-state index in [1.807, 2.05) is 0 Å². The van der Waals surface area contributed by atoms with E-state index in [0.717, 1.165) is 31.4 Å². The van der Waals surface area contributed by atoms with Gasteiger partial charge in [-0.2, -0.15) is 0 Å². The fourth-order valence-corrected chi connectivity index (χ4v) is 1.82. The summed E-state index contributed by atoms with van der Waals surface area (Å²) in [7, 11) is 0. The molecular formula is C13H17BrF2O. The van der Waals surface area contributed by atoms with Crippen LogP contribution in [0.15, 0.2) is 16.6 Å². The highest BCUT2D eigenvalue weighted by molar-refractivity contribution is 9.10. The minimum Gasteiger partial charge on any atom is -0.490 e. The average molecular weight is 307 g/mol. The van der Waals surface area contributed by atoms with Gasteiger partial charge in [0, 0.05) is 6.07 Å². The minimum absolute atomic E-state index is 0.0128. The van der Waals surface area contributed by atoms with Gasteiger partial charge in [0.05, 0.1) is 11.1 Å². The first kappa shape index (κ1) is 14.4. The Kier molecular flexibility index (Phi) is 6.48. The van der Waals surface area contributed by atoms with Crippen LogP contribution in [0.1, 0.15) is 39.0 Å². The second-order valence-electron chi connectivity index (χ2n) is 3.96. The van der Waals surface area contributed by atoms with E-state index in [2.05, 4.69) is 22.9 Å². The Morgan fingerprint density at radius 2 is 1.76 bits per heavy atom. The first-order valence-electron chi connectivity index (χ1n) is 5.92. The molecule has 0 amide bonds. The number of benzene rings is 1. The van der Waals surface area contributed by atoms with Crippen LogP contribution < -0.4 is 4.74 Å². The van der Waals surface area contributed by atoms with Crippen molar-refractivity contribution in [3.05, 3.63) is 28.2 Å². The van der Waals surface area contributed by atoms with Crippen molar-refractivity contribution in [2.75, 3.05) is 6.61 Å². The van der Waals surface area contributed by atoms with Gasteiger partial charge in [0.15, 0.2) is 11.6 Å². The van der Waals surface area contributed by atoms with Crippen molar-refractivity contribution in [2.24, 2.45) is 0 Å². The van der Waals surface area contributed by atoms with Gasteiger partial charge >= 0.3 is 0 Å². The van der Waals surface area contributed by atoms with Crippen LogP contribution in [-0.4, -0.2) is 6.61 Å². The lowest BCUT2D eigenvalue weighted by atomic mass is 10.2. The summed E-state index contributed by atoms with van der Waals surface area (Å²) in [4.78, 5) is 0. The second kappa shape index (κ2) is 7.64. The van der Waals surface area contributed by atoms with E-state index in [1.165, 1.54) is 12.8 Å². The molecule has 96 valence electrons. The zero-order chi connectivity index (χ0) is 12.7. The maximum atomic E-state index is 13.3. The van der Waals surface area contributed by atoms with E-state index in [-0.39, 0.29) is 10.2 Å². The van der Waals surface area contributed by atoms with Gasteiger partial charge < -0.3 is 4.74 Å². The van der Waals surface area contributed by atoms with Crippen LogP contribution in [0, 0.1) is 11.6 Å². The third-order valence-electron chi connectivity index (χ3n) is 2.48. The van der Waals surface area contributed by atoms with Crippen LogP contribution in [0.5, 0.6) is 5.75 Å². The lowest BCUT2D eigenvalue weighted by Gasteiger charge is -2.07. The lowest BCUT2D eigenvalue weighted by Crippen LogP contribution is -2.00. The second-order valence-corrected chi connectivity index (χ2v) is 4.81. The van der Waals surface area contributed by atoms with E-state index >= 15 is 0 Å². The van der Waals surface area contributed by atoms with E-state index in [9.17, 15) is 8.78 Å². The van der Waals surface area contributed by atoms with Gasteiger partial charge in [-0.15, -0.1) is 0 Å². The fraction of sp³-hybridized carbons (Fsp3) is 0.538. The van der Waals surface area contributed by atoms with Crippen LogP contribution in [0.25, 0.3) is 0 Å². The zero-order valence-corrected chi connectivity index (χ0v) is 11.5. The van der Waals surface area contributed by atoms with Gasteiger partial charge in [-0.25, -0.2) is 8.78 Å². The van der Waals surface area contributed by atoms with Gasteiger partial charge in [-0.1, -0.05) is 32.6 Å². The molecule has 1 aromatic rings. The van der Waals surface area contributed by atoms with Crippen LogP contribution in [0.3, 0.4) is 0 Å². The molecule has 0 heterocycles. The van der Waals surface area contributed by atoms with Crippen molar-refractivity contribution in [3.63, 3.8) is 0 Å². The van der Waals surface area contributed by atoms with E-state index in [0.29, 0.717) is 6.61 Å². The molecule has 0 N–H and O–H groups in total. The van der Waals surface area contributed by atoms with Crippen molar-refractivity contribution in [1.29, 1.82) is 0 Å². The number of ether oxygens (including phenoxy) is 1. The molecule has 0 fully saturated rings. The first-order chi connectivity index (χ1) is 8.15. The number of unbranched alkanes of at least 4 members (excludes halogenated alkanes) is 4. The van der Waals surface area contributed by atoms with Crippen molar-refractivity contribution >= 4 is 15.9 Å². The number of rotatable bonds is 7. The third kappa shape index (κ3) is 5.02. The number of halogens is 3. The van der Waals surface area contributed by atoms with Crippen molar-refractivity contribution in [2.45, 2.75) is 39.0 Å². The topological polar surface area (TPSA) is 9.23 Å². The smallest absolute Gasteiger partial charge is 0.166 e. The number of hydrogen-bond acceptors (Lipinski definition) is 1. The molecule has 0 spiro atoms. The molecule has 0 bridgehead atoms. The van der Waals surface area contributed by atoms with Crippen molar-refractivity contribution in [3.8, 4) is 5.75 Å². The Labute approximate surface area is 109 Å². The zero-order valence-electron chi connectivity index (χ0n) is 9.94. The summed E-state index contributed by atoms with van der Waals surface area (Å²) in [6, 6.07) is 2.16. The van der Waals surface area contributed by atoms with Gasteiger partial charge in [-0.05, 0) is 28.4 Å². The standard InChI is InChI=1S/C13H17BrF2O/c1-2-3-4-5-6-7-17-13-9-11(15)10(14)8-12(13)16/h8-9H,2-7H2,1H3. The van der Waals surface area contributed by atoms with Crippen molar-refractivity contribution < 1.29 is 13.5 Å². The van der Waals surface area contributed by atoms with E-state index < -0.39 is 11.6 Å². The molecule has 0 atom stereocenters. The normalized spacial score (nSPS) is 10.6. The molecule has 0 saturated carbocycles. The highest BCUT2D eigenvalue weighted by Crippen LogP contribution is 2.25. The Hall–Kier alpha value is -0.640. The minimum atomic E-state index is -0.535. The molecule has 0 aliphatic rings. The summed E-state index contributed by atoms with van der Waals surface area (Å²) in [5.74, 6) is -1.06. The lowest BCUT2D eigenvalue weighted by molar-refractivity contribution is 0.288. The Morgan fingerprint density at radius 3 is 2.47 bits per heavy atom. The fourth-order valence-electron chi connectivity index (χ4n) is 1.50. The predicted molar refractivity (Wildman–Crippen MR) is 68.3 cm³/mol. The van der Waals surface area contributed by atoms with Gasteiger partial charge in [0.25, 0.3) is 0 Å². The summed E-state index contributed by atoms with van der Waals surface area (Å²) in [5, 5.41) is 0. The van der Waals surface area contributed by atoms with E-state index in [4.69, 9.17) is 4.74 Å². The van der Waals surface area contributed by atoms with Crippen LogP contribution >= 0.6 is 15.9 Å². The maximum absolute atomic E-state index is 13.3. The highest BCUT2D eigenvalue weighted by Gasteiger charge is 2.08. The molecule has 17 heavy (non-hydrogen) atoms. The Morgan fingerprint density at radius 1 is 1.06 bits per heavy atom. The largest absolute Gasteiger partial charge is 0.490 e. The molecular weight excluding hydrogens is 290 g/mol. The Balaban J connectivity index is 2.34. The van der Waals surface area contributed by atoms with Gasteiger partial charge in [-0.3, -0.25) is 0 Å². The van der Waals surface area contributed by atoms with Gasteiger partial charge in [0.1, 0.15) is 5.82 Å². The monoisotopic (exact) mass is 306 g/mol. The van der Waals surface area contributed by atoms with E-state index in [1.54, 1.807) is 0 Å². The quantitative estimate of drug-likeness (QED) is 0.504. The summed E-state index contributed by atoms with van der Waals surface area (Å²) in [5.41, 5.74) is 0. The van der Waals surface area contributed by atoms with Crippen LogP contribution in [-0.2, 0) is 0 Å². The molecule has 1 nitrogen and oxygen atoms in total. The summed E-state index contributed by atoms with van der Waals surface area (Å²) in [6.07, 6.45) is 5.50.